The molecule has 0 fully saturated rings. The summed E-state index contributed by atoms with van der Waals surface area (Å²) in [5.74, 6) is 1.92. The minimum Gasteiger partial charge on any atom is -0.494 e. The minimum absolute atomic E-state index is 0.0882. The van der Waals surface area contributed by atoms with E-state index in [1.165, 1.54) is 0 Å². The maximum Gasteiger partial charge on any atom is 0.508 e. The maximum absolute atomic E-state index is 11.4. The third kappa shape index (κ3) is 4.63. The Morgan fingerprint density at radius 1 is 1.04 bits per heavy atom. The van der Waals surface area contributed by atoms with Crippen LogP contribution in [0.5, 0.6) is 5.75 Å². The maximum atomic E-state index is 11.4. The lowest BCUT2D eigenvalue weighted by molar-refractivity contribution is 0.0537. The largest absolute Gasteiger partial charge is 0.508 e. The molecule has 0 radical (unpaired) electrons. The molecule has 0 aliphatic carbocycles. The second kappa shape index (κ2) is 8.84. The van der Waals surface area contributed by atoms with Gasteiger partial charge in [-0.1, -0.05) is 36.4 Å². The van der Waals surface area contributed by atoms with E-state index in [0.29, 0.717) is 18.3 Å². The number of nitrogens with one attached hydrogen (secondary N) is 1. The monoisotopic (exact) mass is 367 g/mol. The number of H-pyrrole nitrogens is 1. The molecule has 0 bridgehead atoms. The van der Waals surface area contributed by atoms with E-state index in [-0.39, 0.29) is 13.2 Å². The van der Waals surface area contributed by atoms with Crippen LogP contribution in [0.3, 0.4) is 0 Å². The summed E-state index contributed by atoms with van der Waals surface area (Å²) in [5, 5.41) is 7.26. The number of hydrogen-bond donors (Lipinski definition) is 1. The molecule has 3 rings (SSSR count). The van der Waals surface area contributed by atoms with Gasteiger partial charge in [0, 0.05) is 16.7 Å². The summed E-state index contributed by atoms with van der Waals surface area (Å²) in [6.07, 6.45) is -0.696. The highest BCUT2D eigenvalue weighted by atomic mass is 16.7. The van der Waals surface area contributed by atoms with Crippen molar-refractivity contribution in [2.24, 2.45) is 0 Å². The van der Waals surface area contributed by atoms with Gasteiger partial charge in [-0.2, -0.15) is 5.10 Å². The number of ether oxygens (including phenoxy) is 3. The molecule has 0 saturated carbocycles. The Kier molecular flexibility index (Phi) is 6.04. The highest BCUT2D eigenvalue weighted by Gasteiger charge is 2.13. The van der Waals surface area contributed by atoms with Gasteiger partial charge < -0.3 is 14.2 Å². The summed E-state index contributed by atoms with van der Waals surface area (Å²) in [6.45, 7) is 4.62. The predicted octanol–water partition coefficient (Wildman–Crippen LogP) is 4.21. The third-order valence-corrected chi connectivity index (χ3v) is 3.77. The quantitative estimate of drug-likeness (QED) is 0.630. The molecule has 0 aliphatic rings. The molecule has 2 aromatic carbocycles. The van der Waals surface area contributed by atoms with Gasteiger partial charge in [0.15, 0.2) is 11.6 Å². The van der Waals surface area contributed by atoms with E-state index < -0.39 is 6.16 Å². The Balaban J connectivity index is 1.82. The molecule has 0 saturated heterocycles. The van der Waals surface area contributed by atoms with Crippen molar-refractivity contribution < 1.29 is 19.0 Å². The number of aromatic amines is 1. The lowest BCUT2D eigenvalue weighted by Crippen LogP contribution is -2.07. The zero-order valence-electron chi connectivity index (χ0n) is 15.3. The fourth-order valence-electron chi connectivity index (χ4n) is 2.58. The van der Waals surface area contributed by atoms with E-state index in [1.807, 2.05) is 55.5 Å². The zero-order chi connectivity index (χ0) is 19.1. The number of carbonyl (C=O) groups is 1. The van der Waals surface area contributed by atoms with Crippen LogP contribution in [0, 0.1) is 0 Å². The second-order valence-corrected chi connectivity index (χ2v) is 5.60. The molecular weight excluding hydrogens is 346 g/mol. The average molecular weight is 367 g/mol. The first-order valence-corrected chi connectivity index (χ1v) is 8.74. The molecule has 0 spiro atoms. The Labute approximate surface area is 157 Å². The average Bonchev–Trinajstić information content (AvgIpc) is 3.17. The van der Waals surface area contributed by atoms with Crippen LogP contribution in [-0.2, 0) is 16.1 Å². The zero-order valence-corrected chi connectivity index (χ0v) is 15.3. The molecule has 0 atom stereocenters. The molecule has 1 aromatic heterocycles. The number of hydrogen-bond acceptors (Lipinski definition) is 6. The number of nitrogens with zero attached hydrogens (tertiary/aromatic N) is 2. The molecule has 140 valence electrons. The van der Waals surface area contributed by atoms with E-state index in [9.17, 15) is 4.79 Å². The summed E-state index contributed by atoms with van der Waals surface area (Å²) in [6, 6.07) is 15.1. The van der Waals surface area contributed by atoms with Gasteiger partial charge in [-0.25, -0.2) is 9.78 Å². The van der Waals surface area contributed by atoms with E-state index in [1.54, 1.807) is 6.92 Å². The first-order chi connectivity index (χ1) is 13.2. The summed E-state index contributed by atoms with van der Waals surface area (Å²) in [5.41, 5.74) is 2.46. The summed E-state index contributed by atoms with van der Waals surface area (Å²) in [4.78, 5) is 16.0. The SMILES string of the molecule is CCOC(=O)OCc1ccccc1-c1nc(-c2cccc(OCC)c2)n[nH]1. The van der Waals surface area contributed by atoms with Crippen LogP contribution in [0.4, 0.5) is 4.79 Å². The Bertz CT molecular complexity index is 908. The van der Waals surface area contributed by atoms with Crippen LogP contribution in [-0.4, -0.2) is 34.6 Å². The normalized spacial score (nSPS) is 10.4. The van der Waals surface area contributed by atoms with Crippen molar-refractivity contribution in [2.45, 2.75) is 20.5 Å². The summed E-state index contributed by atoms with van der Waals surface area (Å²) < 4.78 is 15.4. The molecule has 27 heavy (non-hydrogen) atoms. The third-order valence-electron chi connectivity index (χ3n) is 3.77. The topological polar surface area (TPSA) is 86.3 Å². The number of carbonyl (C=O) groups excluding carboxylic acids is 1. The highest BCUT2D eigenvalue weighted by Crippen LogP contribution is 2.25. The van der Waals surface area contributed by atoms with Crippen molar-refractivity contribution in [1.82, 2.24) is 15.2 Å². The first kappa shape index (κ1) is 18.4. The van der Waals surface area contributed by atoms with Crippen LogP contribution >= 0.6 is 0 Å². The van der Waals surface area contributed by atoms with E-state index in [4.69, 9.17) is 14.2 Å². The van der Waals surface area contributed by atoms with Crippen molar-refractivity contribution in [1.29, 1.82) is 0 Å². The van der Waals surface area contributed by atoms with Gasteiger partial charge in [0.1, 0.15) is 12.4 Å². The minimum atomic E-state index is -0.696. The Hall–Kier alpha value is -3.35. The van der Waals surface area contributed by atoms with Crippen LogP contribution in [0.25, 0.3) is 22.8 Å². The number of aromatic nitrogens is 3. The van der Waals surface area contributed by atoms with E-state index in [2.05, 4.69) is 15.2 Å². The van der Waals surface area contributed by atoms with Crippen molar-refractivity contribution >= 4 is 6.16 Å². The smallest absolute Gasteiger partial charge is 0.494 e. The van der Waals surface area contributed by atoms with Gasteiger partial charge in [-0.3, -0.25) is 5.10 Å². The first-order valence-electron chi connectivity index (χ1n) is 8.74. The molecule has 0 amide bonds. The highest BCUT2D eigenvalue weighted by molar-refractivity contribution is 5.65. The molecule has 1 N–H and O–H groups in total. The molecule has 1 heterocycles. The molecular formula is C20H21N3O4. The van der Waals surface area contributed by atoms with Gasteiger partial charge in [0.25, 0.3) is 0 Å². The lowest BCUT2D eigenvalue weighted by atomic mass is 10.1. The van der Waals surface area contributed by atoms with Gasteiger partial charge in [0.05, 0.1) is 13.2 Å². The second-order valence-electron chi connectivity index (χ2n) is 5.60. The van der Waals surface area contributed by atoms with Crippen molar-refractivity contribution in [3.05, 3.63) is 54.1 Å². The van der Waals surface area contributed by atoms with Gasteiger partial charge >= 0.3 is 6.16 Å². The van der Waals surface area contributed by atoms with Crippen LogP contribution in [0.2, 0.25) is 0 Å². The number of benzene rings is 2. The molecule has 7 heteroatoms. The Morgan fingerprint density at radius 3 is 2.70 bits per heavy atom. The molecule has 3 aromatic rings. The number of rotatable bonds is 7. The fourth-order valence-corrected chi connectivity index (χ4v) is 2.58. The molecule has 0 aliphatic heterocycles. The van der Waals surface area contributed by atoms with Crippen molar-refractivity contribution in [3.63, 3.8) is 0 Å². The van der Waals surface area contributed by atoms with Gasteiger partial charge in [-0.05, 0) is 26.0 Å². The summed E-state index contributed by atoms with van der Waals surface area (Å²) in [7, 11) is 0. The van der Waals surface area contributed by atoms with E-state index in [0.717, 1.165) is 22.4 Å². The van der Waals surface area contributed by atoms with E-state index >= 15 is 0 Å². The predicted molar refractivity (Wildman–Crippen MR) is 100 cm³/mol. The molecule has 7 nitrogen and oxygen atoms in total. The van der Waals surface area contributed by atoms with Gasteiger partial charge in [-0.15, -0.1) is 0 Å². The fraction of sp³-hybridized carbons (Fsp3) is 0.250. The van der Waals surface area contributed by atoms with Crippen molar-refractivity contribution in [3.8, 4) is 28.5 Å². The summed E-state index contributed by atoms with van der Waals surface area (Å²) >= 11 is 0. The van der Waals surface area contributed by atoms with Crippen LogP contribution < -0.4 is 4.74 Å². The van der Waals surface area contributed by atoms with Gasteiger partial charge in [0.2, 0.25) is 0 Å². The standard InChI is InChI=1S/C20H21N3O4/c1-3-25-16-10-7-9-14(12-16)18-21-19(23-22-18)17-11-6-5-8-15(17)13-27-20(24)26-4-2/h5-12H,3-4,13H2,1-2H3,(H,21,22,23). The Morgan fingerprint density at radius 2 is 1.89 bits per heavy atom. The van der Waals surface area contributed by atoms with Crippen LogP contribution in [0.15, 0.2) is 48.5 Å². The lowest BCUT2D eigenvalue weighted by Gasteiger charge is -2.08. The molecule has 0 unspecified atom stereocenters. The van der Waals surface area contributed by atoms with Crippen molar-refractivity contribution in [2.75, 3.05) is 13.2 Å². The van der Waals surface area contributed by atoms with Crippen LogP contribution in [0.1, 0.15) is 19.4 Å².